The number of anilines is 1. The van der Waals surface area contributed by atoms with E-state index in [0.717, 1.165) is 30.1 Å². The molecule has 0 bridgehead atoms. The van der Waals surface area contributed by atoms with Gasteiger partial charge in [-0.25, -0.2) is 36.0 Å². The number of hydrogen-bond acceptors (Lipinski definition) is 7. The number of ether oxygens (including phenoxy) is 2. The van der Waals surface area contributed by atoms with E-state index < -0.39 is 63.7 Å². The number of methoxy groups -OCH3 is 1. The molecule has 0 unspecified atom stereocenters. The molecule has 218 valence electrons. The Bertz CT molecular complexity index is 1740. The molecule has 2 heterocycles. The highest BCUT2D eigenvalue weighted by molar-refractivity contribution is 7.92. The average molecular weight is 609 g/mol. The van der Waals surface area contributed by atoms with Gasteiger partial charge in [0.25, 0.3) is 10.0 Å². The van der Waals surface area contributed by atoms with Crippen molar-refractivity contribution >= 4 is 40.7 Å². The molecule has 2 aromatic carbocycles. The first-order valence-corrected chi connectivity index (χ1v) is 17.4. The van der Waals surface area contributed by atoms with E-state index in [0.29, 0.717) is 12.7 Å². The molecule has 0 aliphatic carbocycles. The van der Waals surface area contributed by atoms with Crippen molar-refractivity contribution in [2.75, 3.05) is 18.4 Å². The largest absolute Gasteiger partial charge is 0.480 e. The average Bonchev–Trinajstić information content (AvgIpc) is 3.27. The Kier molecular flexibility index (Phi) is 8.42. The normalized spacial score (nSPS) is 12.1. The Morgan fingerprint density at radius 3 is 2.46 bits per heavy atom. The molecule has 0 spiro atoms. The topological polar surface area (TPSA) is 133 Å². The maximum atomic E-state index is 16.0. The van der Waals surface area contributed by atoms with Gasteiger partial charge in [-0.3, -0.25) is 4.72 Å². The fourth-order valence-electron chi connectivity index (χ4n) is 3.99. The summed E-state index contributed by atoms with van der Waals surface area (Å²) >= 11 is 0. The van der Waals surface area contributed by atoms with Gasteiger partial charge in [-0.05, 0) is 18.2 Å². The second-order valence-corrected chi connectivity index (χ2v) is 17.5. The fourth-order valence-corrected chi connectivity index (χ4v) is 5.94. The summed E-state index contributed by atoms with van der Waals surface area (Å²) in [5, 5.41) is 13.6. The molecule has 2 aromatic heterocycles. The van der Waals surface area contributed by atoms with Gasteiger partial charge in [0, 0.05) is 37.3 Å². The number of aromatic nitrogens is 3. The van der Waals surface area contributed by atoms with Crippen LogP contribution in [0.4, 0.5) is 18.9 Å². The molecular formula is C26H27F3N4O6SSi. The highest BCUT2D eigenvalue weighted by Crippen LogP contribution is 2.35. The summed E-state index contributed by atoms with van der Waals surface area (Å²) in [6, 6.07) is 7.57. The molecule has 0 saturated carbocycles. The summed E-state index contributed by atoms with van der Waals surface area (Å²) in [6.07, 6.45) is 0.760. The molecule has 0 aliphatic heterocycles. The SMILES string of the molecule is COc1ncc(F)cc1S(=O)(=O)Nc1cccc(-c2ccc3c(C(=O)O)nn(COCC[Si](C)(C)C)c3c2F)c1F. The molecule has 0 fully saturated rings. The minimum Gasteiger partial charge on any atom is -0.480 e. The van der Waals surface area contributed by atoms with Crippen LogP contribution in [0.2, 0.25) is 25.7 Å². The minimum absolute atomic E-state index is 0.0180. The van der Waals surface area contributed by atoms with Gasteiger partial charge in [-0.2, -0.15) is 5.10 Å². The van der Waals surface area contributed by atoms with Crippen molar-refractivity contribution < 1.29 is 41.0 Å². The predicted molar refractivity (Wildman–Crippen MR) is 148 cm³/mol. The van der Waals surface area contributed by atoms with Gasteiger partial charge < -0.3 is 14.6 Å². The van der Waals surface area contributed by atoms with E-state index in [1.54, 1.807) is 0 Å². The van der Waals surface area contributed by atoms with E-state index in [1.165, 1.54) is 24.3 Å². The van der Waals surface area contributed by atoms with Gasteiger partial charge in [0.15, 0.2) is 22.2 Å². The second-order valence-electron chi connectivity index (χ2n) is 10.3. The Balaban J connectivity index is 1.75. The van der Waals surface area contributed by atoms with E-state index in [1.807, 2.05) is 4.72 Å². The van der Waals surface area contributed by atoms with E-state index in [9.17, 15) is 22.7 Å². The fraction of sp³-hybridized carbons (Fsp3) is 0.269. The summed E-state index contributed by atoms with van der Waals surface area (Å²) in [5.74, 6) is -4.87. The third-order valence-electron chi connectivity index (χ3n) is 6.06. The van der Waals surface area contributed by atoms with Crippen molar-refractivity contribution in [3.63, 3.8) is 0 Å². The van der Waals surface area contributed by atoms with Crippen LogP contribution in [0.15, 0.2) is 47.5 Å². The second kappa shape index (κ2) is 11.5. The van der Waals surface area contributed by atoms with Crippen molar-refractivity contribution in [3.05, 3.63) is 65.7 Å². The molecule has 4 rings (SSSR count). The number of carbonyl (C=O) groups is 1. The smallest absolute Gasteiger partial charge is 0.357 e. The van der Waals surface area contributed by atoms with Crippen molar-refractivity contribution in [3.8, 4) is 17.0 Å². The number of benzene rings is 2. The summed E-state index contributed by atoms with van der Waals surface area (Å²) < 4.78 is 84.9. The van der Waals surface area contributed by atoms with Crippen molar-refractivity contribution in [2.24, 2.45) is 0 Å². The maximum Gasteiger partial charge on any atom is 0.357 e. The Labute approximate surface area is 234 Å². The van der Waals surface area contributed by atoms with Gasteiger partial charge in [-0.15, -0.1) is 0 Å². The summed E-state index contributed by atoms with van der Waals surface area (Å²) in [5.41, 5.74) is -1.77. The number of carboxylic acid groups (broad SMARTS) is 1. The zero-order valence-corrected chi connectivity index (χ0v) is 24.4. The monoisotopic (exact) mass is 608 g/mol. The number of aromatic carboxylic acids is 1. The van der Waals surface area contributed by atoms with E-state index in [-0.39, 0.29) is 28.8 Å². The van der Waals surface area contributed by atoms with Gasteiger partial charge in [0.2, 0.25) is 5.88 Å². The lowest BCUT2D eigenvalue weighted by molar-refractivity contribution is 0.0675. The summed E-state index contributed by atoms with van der Waals surface area (Å²) in [4.78, 5) is 14.7. The third kappa shape index (κ3) is 6.36. The Morgan fingerprint density at radius 2 is 1.80 bits per heavy atom. The zero-order chi connectivity index (χ0) is 30.1. The molecule has 0 atom stereocenters. The molecule has 2 N–H and O–H groups in total. The number of halogens is 3. The van der Waals surface area contributed by atoms with Gasteiger partial charge >= 0.3 is 5.97 Å². The number of nitrogens with one attached hydrogen (secondary N) is 1. The van der Waals surface area contributed by atoms with Crippen LogP contribution in [-0.4, -0.2) is 56.0 Å². The van der Waals surface area contributed by atoms with E-state index >= 15 is 8.78 Å². The summed E-state index contributed by atoms with van der Waals surface area (Å²) in [6.45, 7) is 6.59. The minimum atomic E-state index is -4.59. The van der Waals surface area contributed by atoms with E-state index in [2.05, 4.69) is 29.7 Å². The van der Waals surface area contributed by atoms with Crippen LogP contribution in [-0.2, 0) is 21.5 Å². The quantitative estimate of drug-likeness (QED) is 0.172. The van der Waals surface area contributed by atoms with Crippen molar-refractivity contribution in [2.45, 2.75) is 37.3 Å². The predicted octanol–water partition coefficient (Wildman–Crippen LogP) is 5.34. The first-order valence-electron chi connectivity index (χ1n) is 12.2. The molecule has 4 aromatic rings. The van der Waals surface area contributed by atoms with Crippen molar-refractivity contribution in [1.29, 1.82) is 0 Å². The highest BCUT2D eigenvalue weighted by Gasteiger charge is 2.26. The number of pyridine rings is 1. The van der Waals surface area contributed by atoms with Crippen LogP contribution in [0, 0.1) is 17.5 Å². The molecular weight excluding hydrogens is 581 g/mol. The number of carboxylic acids is 1. The van der Waals surface area contributed by atoms with Crippen LogP contribution in [0.25, 0.3) is 22.0 Å². The molecule has 0 amide bonds. The van der Waals surface area contributed by atoms with Crippen molar-refractivity contribution in [1.82, 2.24) is 14.8 Å². The summed E-state index contributed by atoms with van der Waals surface area (Å²) in [7, 11) is -4.88. The van der Waals surface area contributed by atoms with E-state index in [4.69, 9.17) is 9.47 Å². The van der Waals surface area contributed by atoms with Crippen LogP contribution in [0.3, 0.4) is 0 Å². The number of fused-ring (bicyclic) bond motifs is 1. The maximum absolute atomic E-state index is 16.0. The van der Waals surface area contributed by atoms with Gasteiger partial charge in [0.1, 0.15) is 18.1 Å². The third-order valence-corrected chi connectivity index (χ3v) is 9.13. The van der Waals surface area contributed by atoms with Crippen LogP contribution in [0.1, 0.15) is 10.5 Å². The molecule has 41 heavy (non-hydrogen) atoms. The molecule has 0 aliphatic rings. The number of rotatable bonds is 11. The number of nitrogens with zero attached hydrogens (tertiary/aromatic N) is 3. The van der Waals surface area contributed by atoms with Crippen LogP contribution in [0.5, 0.6) is 5.88 Å². The standard InChI is InChI=1S/C26H27F3N4O6SSi/c1-38-25-20(12-15(27)13-30-25)40(36,37)32-19-7-5-6-16(21(19)28)17-8-9-18-23(26(34)35)31-33(24(18)22(17)29)14-39-10-11-41(2,3)4/h5-9,12-13,32H,10-11,14H2,1-4H3,(H,34,35). The lowest BCUT2D eigenvalue weighted by atomic mass is 10.0. The first-order chi connectivity index (χ1) is 19.2. The molecule has 15 heteroatoms. The molecule has 0 radical (unpaired) electrons. The molecule has 0 saturated heterocycles. The Hall–Kier alpha value is -3.95. The lowest BCUT2D eigenvalue weighted by Crippen LogP contribution is -2.22. The van der Waals surface area contributed by atoms with Crippen LogP contribution >= 0.6 is 0 Å². The zero-order valence-electron chi connectivity index (χ0n) is 22.5. The van der Waals surface area contributed by atoms with Gasteiger partial charge in [0.05, 0.1) is 19.0 Å². The number of sulfonamides is 1. The highest BCUT2D eigenvalue weighted by atomic mass is 32.2. The Morgan fingerprint density at radius 1 is 1.10 bits per heavy atom. The van der Waals surface area contributed by atoms with Crippen LogP contribution < -0.4 is 9.46 Å². The van der Waals surface area contributed by atoms with Gasteiger partial charge in [-0.1, -0.05) is 37.8 Å². The number of hydrogen-bond donors (Lipinski definition) is 2. The first kappa shape index (κ1) is 30.0. The lowest BCUT2D eigenvalue weighted by Gasteiger charge is -2.16. The molecule has 10 nitrogen and oxygen atoms in total.